The molecule has 2 aromatic rings. The molecule has 160 valence electrons. The maximum atomic E-state index is 11.6. The first-order valence-corrected chi connectivity index (χ1v) is 11.1. The molecule has 30 heavy (non-hydrogen) atoms. The highest BCUT2D eigenvalue weighted by atomic mass is 16.6. The van der Waals surface area contributed by atoms with Crippen molar-refractivity contribution in [2.75, 3.05) is 24.6 Å². The molecule has 6 heteroatoms. The van der Waals surface area contributed by atoms with Crippen molar-refractivity contribution in [2.24, 2.45) is 0 Å². The summed E-state index contributed by atoms with van der Waals surface area (Å²) in [6, 6.07) is 16.2. The SMILES string of the molecule is CC[C@H]1CCCCN1c1ccc([N+](=O)[O-])cc1[C@H]1OCCCN1Cc1ccccc1. The number of rotatable bonds is 6. The predicted molar refractivity (Wildman–Crippen MR) is 119 cm³/mol. The summed E-state index contributed by atoms with van der Waals surface area (Å²) in [6.45, 7) is 5.58. The van der Waals surface area contributed by atoms with Crippen LogP contribution in [0.4, 0.5) is 11.4 Å². The lowest BCUT2D eigenvalue weighted by Crippen LogP contribution is -2.42. The molecule has 0 spiro atoms. The summed E-state index contributed by atoms with van der Waals surface area (Å²) >= 11 is 0. The molecule has 0 unspecified atom stereocenters. The number of anilines is 1. The molecule has 4 rings (SSSR count). The molecule has 2 atom stereocenters. The minimum Gasteiger partial charge on any atom is -0.368 e. The van der Waals surface area contributed by atoms with Gasteiger partial charge in [0.1, 0.15) is 6.23 Å². The van der Waals surface area contributed by atoms with Crippen LogP contribution in [0.2, 0.25) is 0 Å². The fourth-order valence-corrected chi connectivity index (χ4v) is 4.81. The van der Waals surface area contributed by atoms with Crippen molar-refractivity contribution in [1.29, 1.82) is 0 Å². The summed E-state index contributed by atoms with van der Waals surface area (Å²) in [5.41, 5.74) is 3.38. The Kier molecular flexibility index (Phi) is 6.65. The number of ether oxygens (including phenoxy) is 1. The monoisotopic (exact) mass is 409 g/mol. The number of nitro groups is 1. The van der Waals surface area contributed by atoms with E-state index in [1.54, 1.807) is 12.1 Å². The molecule has 0 aliphatic carbocycles. The van der Waals surface area contributed by atoms with Crippen LogP contribution in [0.25, 0.3) is 0 Å². The summed E-state index contributed by atoms with van der Waals surface area (Å²) in [5, 5.41) is 11.6. The van der Waals surface area contributed by atoms with E-state index in [1.165, 1.54) is 18.4 Å². The molecule has 0 saturated carbocycles. The maximum Gasteiger partial charge on any atom is 0.270 e. The zero-order chi connectivity index (χ0) is 20.9. The lowest BCUT2D eigenvalue weighted by molar-refractivity contribution is -0.385. The molecule has 2 aliphatic rings. The number of nitro benzene ring substituents is 1. The third-order valence-corrected chi connectivity index (χ3v) is 6.32. The number of nitrogens with zero attached hydrogens (tertiary/aromatic N) is 3. The molecule has 2 heterocycles. The number of non-ortho nitro benzene ring substituents is 1. The molecule has 0 bridgehead atoms. The van der Waals surface area contributed by atoms with Gasteiger partial charge in [0.05, 0.1) is 11.5 Å². The van der Waals surface area contributed by atoms with Gasteiger partial charge in [0.15, 0.2) is 0 Å². The molecular weight excluding hydrogens is 378 g/mol. The molecule has 2 aliphatic heterocycles. The highest BCUT2D eigenvalue weighted by Crippen LogP contribution is 2.39. The number of piperidine rings is 1. The van der Waals surface area contributed by atoms with Gasteiger partial charge in [-0.15, -0.1) is 0 Å². The van der Waals surface area contributed by atoms with Gasteiger partial charge >= 0.3 is 0 Å². The fourth-order valence-electron chi connectivity index (χ4n) is 4.81. The smallest absolute Gasteiger partial charge is 0.270 e. The van der Waals surface area contributed by atoms with Gasteiger partial charge in [-0.05, 0) is 43.7 Å². The Morgan fingerprint density at radius 3 is 2.70 bits per heavy atom. The lowest BCUT2D eigenvalue weighted by Gasteiger charge is -2.42. The van der Waals surface area contributed by atoms with Crippen LogP contribution in [0.15, 0.2) is 48.5 Å². The van der Waals surface area contributed by atoms with Crippen LogP contribution in [-0.2, 0) is 11.3 Å². The van der Waals surface area contributed by atoms with Crippen molar-refractivity contribution in [1.82, 2.24) is 4.90 Å². The van der Waals surface area contributed by atoms with E-state index in [0.29, 0.717) is 12.6 Å². The number of hydrogen-bond acceptors (Lipinski definition) is 5. The summed E-state index contributed by atoms with van der Waals surface area (Å²) in [5.74, 6) is 0. The van der Waals surface area contributed by atoms with Gasteiger partial charge < -0.3 is 9.64 Å². The van der Waals surface area contributed by atoms with E-state index in [4.69, 9.17) is 4.74 Å². The average Bonchev–Trinajstić information content (AvgIpc) is 2.79. The van der Waals surface area contributed by atoms with Crippen LogP contribution < -0.4 is 4.90 Å². The highest BCUT2D eigenvalue weighted by molar-refractivity contribution is 5.60. The van der Waals surface area contributed by atoms with E-state index in [0.717, 1.165) is 50.1 Å². The normalized spacial score (nSPS) is 22.8. The van der Waals surface area contributed by atoms with Crippen molar-refractivity contribution < 1.29 is 9.66 Å². The van der Waals surface area contributed by atoms with Gasteiger partial charge in [0.2, 0.25) is 0 Å². The van der Waals surface area contributed by atoms with Crippen LogP contribution in [-0.4, -0.2) is 35.6 Å². The summed E-state index contributed by atoms with van der Waals surface area (Å²) in [4.78, 5) is 16.0. The van der Waals surface area contributed by atoms with Gasteiger partial charge in [-0.1, -0.05) is 37.3 Å². The Balaban J connectivity index is 1.72. The zero-order valence-electron chi connectivity index (χ0n) is 17.7. The fraction of sp³-hybridized carbons (Fsp3) is 0.500. The molecule has 2 fully saturated rings. The van der Waals surface area contributed by atoms with Gasteiger partial charge in [-0.25, -0.2) is 0 Å². The Labute approximate surface area is 178 Å². The Morgan fingerprint density at radius 1 is 1.10 bits per heavy atom. The van der Waals surface area contributed by atoms with E-state index in [-0.39, 0.29) is 16.8 Å². The van der Waals surface area contributed by atoms with Crippen LogP contribution in [0, 0.1) is 10.1 Å². The van der Waals surface area contributed by atoms with Crippen molar-refractivity contribution in [2.45, 2.75) is 57.8 Å². The lowest BCUT2D eigenvalue weighted by atomic mass is 9.97. The highest BCUT2D eigenvalue weighted by Gasteiger charge is 2.32. The number of benzene rings is 2. The van der Waals surface area contributed by atoms with E-state index < -0.39 is 0 Å². The molecule has 0 N–H and O–H groups in total. The Hall–Kier alpha value is -2.44. The van der Waals surface area contributed by atoms with E-state index in [9.17, 15) is 10.1 Å². The van der Waals surface area contributed by atoms with Crippen LogP contribution in [0.3, 0.4) is 0 Å². The van der Waals surface area contributed by atoms with E-state index in [2.05, 4.69) is 28.9 Å². The van der Waals surface area contributed by atoms with E-state index in [1.807, 2.05) is 24.3 Å². The summed E-state index contributed by atoms with van der Waals surface area (Å²) in [6.07, 6.45) is 5.36. The van der Waals surface area contributed by atoms with Gasteiger partial charge in [0, 0.05) is 49.1 Å². The van der Waals surface area contributed by atoms with Gasteiger partial charge in [0.25, 0.3) is 5.69 Å². The van der Waals surface area contributed by atoms with Gasteiger partial charge in [-0.3, -0.25) is 15.0 Å². The van der Waals surface area contributed by atoms with Crippen molar-refractivity contribution in [3.63, 3.8) is 0 Å². The minimum atomic E-state index is -0.300. The quantitative estimate of drug-likeness (QED) is 0.480. The minimum absolute atomic E-state index is 0.132. The first-order chi connectivity index (χ1) is 14.7. The van der Waals surface area contributed by atoms with Crippen molar-refractivity contribution >= 4 is 11.4 Å². The van der Waals surface area contributed by atoms with Crippen molar-refractivity contribution in [3.8, 4) is 0 Å². The molecule has 0 amide bonds. The Bertz CT molecular complexity index is 858. The third-order valence-electron chi connectivity index (χ3n) is 6.32. The summed E-state index contributed by atoms with van der Waals surface area (Å²) in [7, 11) is 0. The number of hydrogen-bond donors (Lipinski definition) is 0. The molecule has 0 aromatic heterocycles. The molecular formula is C24H31N3O3. The second kappa shape index (κ2) is 9.58. The first-order valence-electron chi connectivity index (χ1n) is 11.1. The maximum absolute atomic E-state index is 11.6. The second-order valence-corrected chi connectivity index (χ2v) is 8.28. The zero-order valence-corrected chi connectivity index (χ0v) is 17.7. The second-order valence-electron chi connectivity index (χ2n) is 8.28. The van der Waals surface area contributed by atoms with E-state index >= 15 is 0 Å². The van der Waals surface area contributed by atoms with Crippen LogP contribution >= 0.6 is 0 Å². The van der Waals surface area contributed by atoms with Gasteiger partial charge in [-0.2, -0.15) is 0 Å². The predicted octanol–water partition coefficient (Wildman–Crippen LogP) is 5.28. The summed E-state index contributed by atoms with van der Waals surface area (Å²) < 4.78 is 6.26. The average molecular weight is 410 g/mol. The largest absolute Gasteiger partial charge is 0.368 e. The first kappa shape index (κ1) is 20.8. The molecule has 6 nitrogen and oxygen atoms in total. The molecule has 2 aromatic carbocycles. The standard InChI is InChI=1S/C24H31N3O3/c1-2-20-11-6-7-15-26(20)23-13-12-21(27(28)29)17-22(23)24-25(14-8-16-30-24)18-19-9-4-3-5-10-19/h3-5,9-10,12-13,17,20,24H,2,6-8,11,14-16,18H2,1H3/t20-,24+/m0/s1. The van der Waals surface area contributed by atoms with Crippen LogP contribution in [0.1, 0.15) is 56.4 Å². The Morgan fingerprint density at radius 2 is 1.93 bits per heavy atom. The molecule has 0 radical (unpaired) electrons. The third kappa shape index (κ3) is 4.50. The van der Waals surface area contributed by atoms with Crippen LogP contribution in [0.5, 0.6) is 0 Å². The topological polar surface area (TPSA) is 58.9 Å². The van der Waals surface area contributed by atoms with Crippen molar-refractivity contribution in [3.05, 3.63) is 69.8 Å². The molecule has 2 saturated heterocycles.